The number of nitrogens with zero attached hydrogens (tertiary/aromatic N) is 2. The van der Waals surface area contributed by atoms with Crippen LogP contribution in [0.1, 0.15) is 34.8 Å². The molecule has 0 bridgehead atoms. The highest BCUT2D eigenvalue weighted by Gasteiger charge is 2.25. The molecule has 0 radical (unpaired) electrons. The Bertz CT molecular complexity index is 989. The van der Waals surface area contributed by atoms with Crippen LogP contribution in [-0.2, 0) is 6.54 Å². The smallest absolute Gasteiger partial charge is 0.253 e. The summed E-state index contributed by atoms with van der Waals surface area (Å²) < 4.78 is 1.53. The zero-order valence-corrected chi connectivity index (χ0v) is 13.8. The zero-order valence-electron chi connectivity index (χ0n) is 13.8. The third-order valence-corrected chi connectivity index (χ3v) is 4.55. The van der Waals surface area contributed by atoms with Crippen LogP contribution in [0.4, 0.5) is 0 Å². The summed E-state index contributed by atoms with van der Waals surface area (Å²) >= 11 is 0. The monoisotopic (exact) mass is 333 g/mol. The Kier molecular flexibility index (Phi) is 4.06. The van der Waals surface area contributed by atoms with E-state index in [9.17, 15) is 9.59 Å². The van der Waals surface area contributed by atoms with Gasteiger partial charge in [0.15, 0.2) is 0 Å². The van der Waals surface area contributed by atoms with Crippen LogP contribution in [0.5, 0.6) is 0 Å². The molecule has 0 aliphatic heterocycles. The lowest BCUT2D eigenvalue weighted by Gasteiger charge is -2.08. The van der Waals surface area contributed by atoms with Crippen molar-refractivity contribution in [2.75, 3.05) is 6.54 Å². The Labute approximate surface area is 145 Å². The van der Waals surface area contributed by atoms with E-state index < -0.39 is 0 Å². The molecule has 1 saturated carbocycles. The Morgan fingerprint density at radius 1 is 1.12 bits per heavy atom. The van der Waals surface area contributed by atoms with Crippen molar-refractivity contribution in [2.24, 2.45) is 0 Å². The summed E-state index contributed by atoms with van der Waals surface area (Å²) in [6.07, 6.45) is 3.83. The summed E-state index contributed by atoms with van der Waals surface area (Å²) in [5.41, 5.74) is 1.45. The van der Waals surface area contributed by atoms with Crippen molar-refractivity contribution in [2.45, 2.75) is 25.3 Å². The average molecular weight is 333 g/mol. The second-order valence-corrected chi connectivity index (χ2v) is 6.44. The Balaban J connectivity index is 1.39. The molecular weight excluding hydrogens is 314 g/mol. The van der Waals surface area contributed by atoms with Crippen molar-refractivity contribution < 1.29 is 4.79 Å². The van der Waals surface area contributed by atoms with Crippen LogP contribution < -0.4 is 10.9 Å². The van der Waals surface area contributed by atoms with Crippen LogP contribution in [0.2, 0.25) is 0 Å². The number of hydrogen-bond donors (Lipinski definition) is 1. The van der Waals surface area contributed by atoms with E-state index in [-0.39, 0.29) is 11.5 Å². The van der Waals surface area contributed by atoms with Gasteiger partial charge in [-0.05, 0) is 35.7 Å². The van der Waals surface area contributed by atoms with Crippen molar-refractivity contribution >= 4 is 16.7 Å². The normalized spacial score (nSPS) is 13.8. The van der Waals surface area contributed by atoms with Crippen LogP contribution in [0.15, 0.2) is 59.7 Å². The van der Waals surface area contributed by atoms with Gasteiger partial charge in [-0.2, -0.15) is 0 Å². The summed E-state index contributed by atoms with van der Waals surface area (Å²) in [7, 11) is 0. The predicted octanol–water partition coefficient (Wildman–Crippen LogP) is 2.70. The van der Waals surface area contributed by atoms with Gasteiger partial charge in [-0.1, -0.05) is 30.3 Å². The van der Waals surface area contributed by atoms with E-state index in [4.69, 9.17) is 0 Å². The van der Waals surface area contributed by atoms with E-state index in [2.05, 4.69) is 10.3 Å². The zero-order chi connectivity index (χ0) is 17.2. The molecule has 2 aromatic carbocycles. The quantitative estimate of drug-likeness (QED) is 0.781. The number of aromatic nitrogens is 2. The molecule has 4 rings (SSSR count). The maximum Gasteiger partial charge on any atom is 0.253 e. The largest absolute Gasteiger partial charge is 0.350 e. The standard InChI is InChI=1S/C20H19N3O2/c24-19-12-18(15-6-7-15)22-13-23(19)10-9-21-20(25)17-8-5-14-3-1-2-4-16(14)11-17/h1-5,8,11-13,15H,6-7,9-10H2,(H,21,25). The van der Waals surface area contributed by atoms with Crippen molar-refractivity contribution in [3.63, 3.8) is 0 Å². The van der Waals surface area contributed by atoms with Gasteiger partial charge in [-0.3, -0.25) is 14.2 Å². The fourth-order valence-corrected chi connectivity index (χ4v) is 2.93. The van der Waals surface area contributed by atoms with Gasteiger partial charge in [0, 0.05) is 30.6 Å². The van der Waals surface area contributed by atoms with E-state index in [0.29, 0.717) is 24.6 Å². The van der Waals surface area contributed by atoms with Crippen LogP contribution in [0.25, 0.3) is 10.8 Å². The first-order valence-electron chi connectivity index (χ1n) is 8.54. The molecule has 1 amide bonds. The maximum absolute atomic E-state index is 12.3. The number of hydrogen-bond acceptors (Lipinski definition) is 3. The molecule has 0 saturated heterocycles. The maximum atomic E-state index is 12.3. The molecule has 0 atom stereocenters. The summed E-state index contributed by atoms with van der Waals surface area (Å²) in [6.45, 7) is 0.798. The number of benzene rings is 2. The molecule has 3 aromatic rings. The second-order valence-electron chi connectivity index (χ2n) is 6.44. The average Bonchev–Trinajstić information content (AvgIpc) is 3.47. The lowest BCUT2D eigenvalue weighted by Crippen LogP contribution is -2.31. The summed E-state index contributed by atoms with van der Waals surface area (Å²) in [6, 6.07) is 15.2. The lowest BCUT2D eigenvalue weighted by molar-refractivity contribution is 0.0952. The fraction of sp³-hybridized carbons (Fsp3) is 0.250. The summed E-state index contributed by atoms with van der Waals surface area (Å²) in [5.74, 6) is 0.330. The summed E-state index contributed by atoms with van der Waals surface area (Å²) in [4.78, 5) is 28.7. The van der Waals surface area contributed by atoms with Gasteiger partial charge in [-0.25, -0.2) is 4.98 Å². The van der Waals surface area contributed by atoms with E-state index >= 15 is 0 Å². The lowest BCUT2D eigenvalue weighted by atomic mass is 10.1. The minimum atomic E-state index is -0.138. The molecule has 5 nitrogen and oxygen atoms in total. The van der Waals surface area contributed by atoms with E-state index in [1.54, 1.807) is 12.4 Å². The molecule has 0 spiro atoms. The first kappa shape index (κ1) is 15.6. The van der Waals surface area contributed by atoms with Gasteiger partial charge in [0.25, 0.3) is 11.5 Å². The molecule has 0 unspecified atom stereocenters. The number of rotatable bonds is 5. The first-order chi connectivity index (χ1) is 12.2. The van der Waals surface area contributed by atoms with Gasteiger partial charge < -0.3 is 5.32 Å². The molecule has 1 aromatic heterocycles. The molecular formula is C20H19N3O2. The molecule has 25 heavy (non-hydrogen) atoms. The van der Waals surface area contributed by atoms with Crippen molar-refractivity contribution in [3.8, 4) is 0 Å². The molecule has 1 heterocycles. The van der Waals surface area contributed by atoms with Crippen LogP contribution >= 0.6 is 0 Å². The second kappa shape index (κ2) is 6.51. The summed E-state index contributed by atoms with van der Waals surface area (Å²) in [5, 5.41) is 5.00. The third kappa shape index (κ3) is 3.45. The highest BCUT2D eigenvalue weighted by atomic mass is 16.1. The van der Waals surface area contributed by atoms with Crippen LogP contribution in [0, 0.1) is 0 Å². The van der Waals surface area contributed by atoms with Crippen molar-refractivity contribution in [1.29, 1.82) is 0 Å². The molecule has 126 valence electrons. The van der Waals surface area contributed by atoms with Crippen LogP contribution in [-0.4, -0.2) is 22.0 Å². The number of carbonyl (C=O) groups excluding carboxylic acids is 1. The van der Waals surface area contributed by atoms with Gasteiger partial charge in [0.05, 0.1) is 12.0 Å². The SMILES string of the molecule is O=C(NCCn1cnc(C2CC2)cc1=O)c1ccc2ccccc2c1. The molecule has 5 heteroatoms. The highest BCUT2D eigenvalue weighted by Crippen LogP contribution is 2.38. The van der Waals surface area contributed by atoms with Gasteiger partial charge in [0.2, 0.25) is 0 Å². The molecule has 1 N–H and O–H groups in total. The Morgan fingerprint density at radius 3 is 2.68 bits per heavy atom. The van der Waals surface area contributed by atoms with Gasteiger partial charge in [-0.15, -0.1) is 0 Å². The Hall–Kier alpha value is -2.95. The van der Waals surface area contributed by atoms with Crippen LogP contribution in [0.3, 0.4) is 0 Å². The Morgan fingerprint density at radius 2 is 1.92 bits per heavy atom. The van der Waals surface area contributed by atoms with E-state index in [1.807, 2.05) is 42.5 Å². The number of nitrogens with one attached hydrogen (secondary N) is 1. The van der Waals surface area contributed by atoms with Gasteiger partial charge in [0.1, 0.15) is 0 Å². The number of fused-ring (bicyclic) bond motifs is 1. The number of carbonyl (C=O) groups is 1. The molecule has 1 aliphatic rings. The minimum absolute atomic E-state index is 0.0585. The predicted molar refractivity (Wildman–Crippen MR) is 96.8 cm³/mol. The van der Waals surface area contributed by atoms with Gasteiger partial charge >= 0.3 is 0 Å². The van der Waals surface area contributed by atoms with E-state index in [1.165, 1.54) is 4.57 Å². The molecule has 1 fully saturated rings. The first-order valence-corrected chi connectivity index (χ1v) is 8.54. The third-order valence-electron chi connectivity index (χ3n) is 4.55. The van der Waals surface area contributed by atoms with Crippen molar-refractivity contribution in [3.05, 3.63) is 76.5 Å². The minimum Gasteiger partial charge on any atom is -0.350 e. The molecule has 1 aliphatic carbocycles. The van der Waals surface area contributed by atoms with Crippen molar-refractivity contribution in [1.82, 2.24) is 14.9 Å². The fourth-order valence-electron chi connectivity index (χ4n) is 2.93. The highest BCUT2D eigenvalue weighted by molar-refractivity contribution is 5.98. The topological polar surface area (TPSA) is 64.0 Å². The number of amides is 1. The van der Waals surface area contributed by atoms with E-state index in [0.717, 1.165) is 29.3 Å².